The van der Waals surface area contributed by atoms with Crippen LogP contribution in [0, 0.1) is 11.8 Å². The second-order valence-corrected chi connectivity index (χ2v) is 6.39. The molecule has 0 aliphatic carbocycles. The second kappa shape index (κ2) is 6.53. The molecule has 1 saturated heterocycles. The first-order valence-corrected chi connectivity index (χ1v) is 7.61. The first-order valence-electron chi connectivity index (χ1n) is 7.61. The molecule has 106 valence electrons. The molecule has 0 bridgehead atoms. The van der Waals surface area contributed by atoms with Crippen LogP contribution in [0.5, 0.6) is 0 Å². The number of nitrogens with zero attached hydrogens (tertiary/aromatic N) is 1. The molecule has 1 fully saturated rings. The summed E-state index contributed by atoms with van der Waals surface area (Å²) in [6, 6.07) is 9.11. The molecule has 0 saturated carbocycles. The molecule has 2 nitrogen and oxygen atoms in total. The summed E-state index contributed by atoms with van der Waals surface area (Å²) in [6.07, 6.45) is 1.28. The van der Waals surface area contributed by atoms with Crippen molar-refractivity contribution in [3.05, 3.63) is 35.4 Å². The van der Waals surface area contributed by atoms with Gasteiger partial charge in [0.15, 0.2) is 0 Å². The zero-order valence-electron chi connectivity index (χ0n) is 12.6. The third kappa shape index (κ3) is 3.80. The van der Waals surface area contributed by atoms with E-state index >= 15 is 0 Å². The zero-order chi connectivity index (χ0) is 13.8. The number of nitrogens with two attached hydrogens (primary N) is 1. The first kappa shape index (κ1) is 14.5. The van der Waals surface area contributed by atoms with E-state index in [9.17, 15) is 0 Å². The van der Waals surface area contributed by atoms with E-state index in [2.05, 4.69) is 49.9 Å². The van der Waals surface area contributed by atoms with Gasteiger partial charge < -0.3 is 5.73 Å². The quantitative estimate of drug-likeness (QED) is 0.900. The van der Waals surface area contributed by atoms with E-state index in [0.717, 1.165) is 25.6 Å². The van der Waals surface area contributed by atoms with Gasteiger partial charge in [-0.25, -0.2) is 0 Å². The second-order valence-electron chi connectivity index (χ2n) is 6.39. The van der Waals surface area contributed by atoms with Crippen molar-refractivity contribution in [3.8, 4) is 0 Å². The van der Waals surface area contributed by atoms with Gasteiger partial charge in [0, 0.05) is 13.1 Å². The molecule has 0 amide bonds. The van der Waals surface area contributed by atoms with Crippen LogP contribution in [0.25, 0.3) is 0 Å². The molecule has 2 heteroatoms. The molecule has 2 rings (SSSR count). The minimum Gasteiger partial charge on any atom is -0.330 e. The van der Waals surface area contributed by atoms with Crippen LogP contribution in [-0.2, 0) is 6.54 Å². The molecule has 1 aromatic carbocycles. The molecule has 19 heavy (non-hydrogen) atoms. The summed E-state index contributed by atoms with van der Waals surface area (Å²) in [5.41, 5.74) is 8.73. The van der Waals surface area contributed by atoms with Crippen LogP contribution in [0.1, 0.15) is 44.2 Å². The van der Waals surface area contributed by atoms with Crippen molar-refractivity contribution in [2.24, 2.45) is 17.6 Å². The van der Waals surface area contributed by atoms with Crippen molar-refractivity contribution in [2.75, 3.05) is 19.6 Å². The van der Waals surface area contributed by atoms with Gasteiger partial charge in [0.1, 0.15) is 0 Å². The van der Waals surface area contributed by atoms with Crippen LogP contribution in [0.3, 0.4) is 0 Å². The van der Waals surface area contributed by atoms with E-state index < -0.39 is 0 Å². The number of benzene rings is 1. The number of piperidine rings is 1. The minimum absolute atomic E-state index is 0.617. The lowest BCUT2D eigenvalue weighted by Gasteiger charge is -2.36. The third-order valence-corrected chi connectivity index (χ3v) is 4.55. The predicted octanol–water partition coefficient (Wildman–Crippen LogP) is 3.23. The van der Waals surface area contributed by atoms with E-state index in [-0.39, 0.29) is 0 Å². The fraction of sp³-hybridized carbons (Fsp3) is 0.647. The van der Waals surface area contributed by atoms with Crippen molar-refractivity contribution in [1.29, 1.82) is 0 Å². The van der Waals surface area contributed by atoms with Crippen molar-refractivity contribution >= 4 is 0 Å². The Morgan fingerprint density at radius 1 is 1.26 bits per heavy atom. The molecule has 1 aromatic rings. The SMILES string of the molecule is CC(C)c1ccc(CN2CCC(C)C(CN)C2)cc1. The molecule has 0 spiro atoms. The highest BCUT2D eigenvalue weighted by Crippen LogP contribution is 2.24. The van der Waals surface area contributed by atoms with E-state index in [1.807, 2.05) is 0 Å². The lowest BCUT2D eigenvalue weighted by atomic mass is 9.87. The van der Waals surface area contributed by atoms with Gasteiger partial charge in [-0.1, -0.05) is 45.0 Å². The molecule has 1 aliphatic rings. The Labute approximate surface area is 118 Å². The molecule has 2 unspecified atom stereocenters. The molecule has 1 heterocycles. The predicted molar refractivity (Wildman–Crippen MR) is 82.1 cm³/mol. The highest BCUT2D eigenvalue weighted by atomic mass is 15.1. The molecular formula is C17H28N2. The topological polar surface area (TPSA) is 29.3 Å². The van der Waals surface area contributed by atoms with Crippen molar-refractivity contribution in [3.63, 3.8) is 0 Å². The lowest BCUT2D eigenvalue weighted by molar-refractivity contribution is 0.126. The maximum absolute atomic E-state index is 5.88. The van der Waals surface area contributed by atoms with Gasteiger partial charge in [0.2, 0.25) is 0 Å². The van der Waals surface area contributed by atoms with E-state index in [0.29, 0.717) is 11.8 Å². The van der Waals surface area contributed by atoms with Gasteiger partial charge >= 0.3 is 0 Å². The Bertz CT molecular complexity index is 383. The van der Waals surface area contributed by atoms with Crippen LogP contribution >= 0.6 is 0 Å². The Hall–Kier alpha value is -0.860. The van der Waals surface area contributed by atoms with Crippen molar-refractivity contribution < 1.29 is 0 Å². The molecule has 0 radical (unpaired) electrons. The third-order valence-electron chi connectivity index (χ3n) is 4.55. The van der Waals surface area contributed by atoms with E-state index in [1.54, 1.807) is 0 Å². The van der Waals surface area contributed by atoms with Crippen molar-refractivity contribution in [1.82, 2.24) is 4.90 Å². The Balaban J connectivity index is 1.94. The van der Waals surface area contributed by atoms with Gasteiger partial charge in [-0.3, -0.25) is 4.90 Å². The molecule has 1 aliphatic heterocycles. The summed E-state index contributed by atoms with van der Waals surface area (Å²) < 4.78 is 0. The van der Waals surface area contributed by atoms with Crippen LogP contribution in [-0.4, -0.2) is 24.5 Å². The Morgan fingerprint density at radius 3 is 2.53 bits per heavy atom. The molecule has 0 aromatic heterocycles. The summed E-state index contributed by atoms with van der Waals surface area (Å²) in [6.45, 7) is 11.1. The van der Waals surface area contributed by atoms with Gasteiger partial charge in [-0.05, 0) is 48.4 Å². The zero-order valence-corrected chi connectivity index (χ0v) is 12.6. The average molecular weight is 260 g/mol. The van der Waals surface area contributed by atoms with Crippen LogP contribution in [0.2, 0.25) is 0 Å². The fourth-order valence-electron chi connectivity index (χ4n) is 2.94. The van der Waals surface area contributed by atoms with Gasteiger partial charge in [-0.2, -0.15) is 0 Å². The van der Waals surface area contributed by atoms with Gasteiger partial charge in [0.05, 0.1) is 0 Å². The van der Waals surface area contributed by atoms with Crippen LogP contribution < -0.4 is 5.73 Å². The highest BCUT2D eigenvalue weighted by Gasteiger charge is 2.24. The maximum Gasteiger partial charge on any atom is 0.0233 e. The number of hydrogen-bond acceptors (Lipinski definition) is 2. The minimum atomic E-state index is 0.617. The van der Waals surface area contributed by atoms with Crippen LogP contribution in [0.4, 0.5) is 0 Å². The Morgan fingerprint density at radius 2 is 1.95 bits per heavy atom. The summed E-state index contributed by atoms with van der Waals surface area (Å²) in [5, 5.41) is 0. The van der Waals surface area contributed by atoms with Crippen LogP contribution in [0.15, 0.2) is 24.3 Å². The summed E-state index contributed by atoms with van der Waals surface area (Å²) in [7, 11) is 0. The Kier molecular flexibility index (Phi) is 5.00. The number of rotatable bonds is 4. The molecular weight excluding hydrogens is 232 g/mol. The average Bonchev–Trinajstić information content (AvgIpc) is 2.41. The molecule has 2 N–H and O–H groups in total. The van der Waals surface area contributed by atoms with Gasteiger partial charge in [-0.15, -0.1) is 0 Å². The first-order chi connectivity index (χ1) is 9.10. The standard InChI is InChI=1S/C17H28N2/c1-13(2)16-6-4-15(5-7-16)11-19-9-8-14(3)17(10-18)12-19/h4-7,13-14,17H,8-12,18H2,1-3H3. The normalized spacial score (nSPS) is 24.9. The van der Waals surface area contributed by atoms with Gasteiger partial charge in [0.25, 0.3) is 0 Å². The molecule has 2 atom stereocenters. The lowest BCUT2D eigenvalue weighted by Crippen LogP contribution is -2.42. The maximum atomic E-state index is 5.88. The summed E-state index contributed by atoms with van der Waals surface area (Å²) in [4.78, 5) is 2.56. The monoisotopic (exact) mass is 260 g/mol. The largest absolute Gasteiger partial charge is 0.330 e. The highest BCUT2D eigenvalue weighted by molar-refractivity contribution is 5.24. The van der Waals surface area contributed by atoms with E-state index in [1.165, 1.54) is 24.1 Å². The number of likely N-dealkylation sites (tertiary alicyclic amines) is 1. The fourth-order valence-corrected chi connectivity index (χ4v) is 2.94. The van der Waals surface area contributed by atoms with Crippen molar-refractivity contribution in [2.45, 2.75) is 39.7 Å². The summed E-state index contributed by atoms with van der Waals surface area (Å²) in [5.74, 6) is 2.07. The van der Waals surface area contributed by atoms with E-state index in [4.69, 9.17) is 5.73 Å². The smallest absolute Gasteiger partial charge is 0.0233 e. The number of hydrogen-bond donors (Lipinski definition) is 1. The summed E-state index contributed by atoms with van der Waals surface area (Å²) >= 11 is 0.